The summed E-state index contributed by atoms with van der Waals surface area (Å²) in [5.41, 5.74) is 2.67. The molecule has 6 nitrogen and oxygen atoms in total. The normalized spacial score (nSPS) is 17.5. The van der Waals surface area contributed by atoms with Crippen molar-refractivity contribution in [2.24, 2.45) is 10.1 Å². The third-order valence-electron chi connectivity index (χ3n) is 5.21. The van der Waals surface area contributed by atoms with E-state index in [-0.39, 0.29) is 12.1 Å². The third-order valence-corrected chi connectivity index (χ3v) is 6.16. The zero-order valence-corrected chi connectivity index (χ0v) is 18.4. The van der Waals surface area contributed by atoms with Crippen LogP contribution in [0.5, 0.6) is 0 Å². The Balaban J connectivity index is 1.75. The van der Waals surface area contributed by atoms with E-state index in [2.05, 4.69) is 41.4 Å². The summed E-state index contributed by atoms with van der Waals surface area (Å²) < 4.78 is 0. The Kier molecular flexibility index (Phi) is 6.08. The van der Waals surface area contributed by atoms with E-state index in [0.717, 1.165) is 34.0 Å². The van der Waals surface area contributed by atoms with Crippen molar-refractivity contribution < 1.29 is 4.79 Å². The number of hydrogen-bond donors (Lipinski definition) is 1. The number of hydrazone groups is 1. The minimum Gasteiger partial charge on any atom is -0.378 e. The van der Waals surface area contributed by atoms with Gasteiger partial charge < -0.3 is 4.90 Å². The second-order valence-corrected chi connectivity index (χ2v) is 8.70. The van der Waals surface area contributed by atoms with Gasteiger partial charge in [0.15, 0.2) is 11.3 Å². The number of hydrogen-bond acceptors (Lipinski definition) is 6. The molecule has 2 aromatic rings. The van der Waals surface area contributed by atoms with Gasteiger partial charge in [0.25, 0.3) is 5.91 Å². The molecule has 0 spiro atoms. The van der Waals surface area contributed by atoms with Crippen molar-refractivity contribution in [2.45, 2.75) is 32.4 Å². The van der Waals surface area contributed by atoms with Gasteiger partial charge in [-0.2, -0.15) is 0 Å². The van der Waals surface area contributed by atoms with Crippen LogP contribution in [0.2, 0.25) is 0 Å². The zero-order chi connectivity index (χ0) is 21.1. The van der Waals surface area contributed by atoms with E-state index in [9.17, 15) is 4.79 Å². The van der Waals surface area contributed by atoms with Crippen LogP contribution in [0.4, 0.5) is 5.69 Å². The average molecular weight is 422 g/mol. The molecule has 0 aliphatic carbocycles. The summed E-state index contributed by atoms with van der Waals surface area (Å²) in [4.78, 5) is 20.1. The van der Waals surface area contributed by atoms with E-state index < -0.39 is 0 Å². The monoisotopic (exact) mass is 421 g/mol. The van der Waals surface area contributed by atoms with Crippen LogP contribution in [-0.2, 0) is 4.79 Å². The highest BCUT2D eigenvalue weighted by Crippen LogP contribution is 2.31. The number of para-hydroxylation sites is 1. The second-order valence-electron chi connectivity index (χ2n) is 7.61. The van der Waals surface area contributed by atoms with Gasteiger partial charge in [-0.05, 0) is 30.2 Å². The van der Waals surface area contributed by atoms with E-state index in [0.29, 0.717) is 10.9 Å². The molecule has 2 heterocycles. The Hall–Kier alpha value is -2.80. The molecule has 7 heteroatoms. The molecule has 1 amide bonds. The molecule has 2 aromatic carbocycles. The predicted molar refractivity (Wildman–Crippen MR) is 124 cm³/mol. The standard InChI is InChI=1S/C23H27N5OS/c1-4-5-8-15-30-23-25-22(29)20-18-9-6-7-10-19(18)24-21(28(20)26-23)16-11-13-17(14-12-16)27(2)3/h6-7,9-14,21H,4-5,8,15H2,1-3H3,(H,25,26,29)/t21-/m0/s1. The van der Waals surface area contributed by atoms with E-state index in [4.69, 9.17) is 10.1 Å². The second kappa shape index (κ2) is 8.92. The van der Waals surface area contributed by atoms with Crippen molar-refractivity contribution in [3.05, 3.63) is 64.7 Å². The molecule has 2 aliphatic rings. The van der Waals surface area contributed by atoms with Gasteiger partial charge in [0.2, 0.25) is 0 Å². The van der Waals surface area contributed by atoms with E-state index in [1.807, 2.05) is 38.4 Å². The van der Waals surface area contributed by atoms with Gasteiger partial charge in [0.1, 0.15) is 5.70 Å². The molecule has 2 aliphatic heterocycles. The molecule has 0 fully saturated rings. The molecule has 156 valence electrons. The van der Waals surface area contributed by atoms with Crippen molar-refractivity contribution >= 4 is 34.2 Å². The number of carbonyl (C=O) groups is 1. The first kappa shape index (κ1) is 20.5. The Morgan fingerprint density at radius 1 is 1.10 bits per heavy atom. The number of fused-ring (bicyclic) bond motifs is 2. The number of carbonyl (C=O) groups excluding carboxylic acids is 1. The highest BCUT2D eigenvalue weighted by Gasteiger charge is 2.34. The third kappa shape index (κ3) is 4.07. The molecule has 4 rings (SSSR count). The highest BCUT2D eigenvalue weighted by atomic mass is 32.2. The Labute approximate surface area is 181 Å². The van der Waals surface area contributed by atoms with Crippen LogP contribution in [0, 0.1) is 0 Å². The summed E-state index contributed by atoms with van der Waals surface area (Å²) in [7, 11) is 4.03. The molecule has 0 aromatic heterocycles. The lowest BCUT2D eigenvalue weighted by atomic mass is 10.1. The quantitative estimate of drug-likeness (QED) is 0.729. The van der Waals surface area contributed by atoms with Crippen LogP contribution in [0.1, 0.15) is 37.9 Å². The van der Waals surface area contributed by atoms with Crippen LogP contribution in [-0.4, -0.2) is 35.9 Å². The van der Waals surface area contributed by atoms with Crippen LogP contribution >= 0.6 is 11.8 Å². The summed E-state index contributed by atoms with van der Waals surface area (Å²) >= 11 is 1.60. The minimum atomic E-state index is -0.372. The molecule has 0 radical (unpaired) electrons. The Morgan fingerprint density at radius 2 is 1.87 bits per heavy atom. The molecule has 0 saturated heterocycles. The van der Waals surface area contributed by atoms with E-state index in [1.54, 1.807) is 16.8 Å². The number of thioether (sulfide) groups is 1. The summed E-state index contributed by atoms with van der Waals surface area (Å²) in [6.07, 6.45) is 3.08. The summed E-state index contributed by atoms with van der Waals surface area (Å²) in [5, 5.41) is 11.8. The number of benzene rings is 2. The molecule has 1 N–H and O–H groups in total. The maximum atomic E-state index is 13.1. The maximum absolute atomic E-state index is 13.1. The zero-order valence-electron chi connectivity index (χ0n) is 17.6. The molecular weight excluding hydrogens is 394 g/mol. The lowest BCUT2D eigenvalue weighted by Gasteiger charge is -2.34. The van der Waals surface area contributed by atoms with Gasteiger partial charge in [-0.1, -0.05) is 61.9 Å². The summed E-state index contributed by atoms with van der Waals surface area (Å²) in [6, 6.07) is 16.0. The number of anilines is 1. The lowest BCUT2D eigenvalue weighted by Crippen LogP contribution is -2.50. The first-order chi connectivity index (χ1) is 14.6. The predicted octanol–water partition coefficient (Wildman–Crippen LogP) is 2.82. The van der Waals surface area contributed by atoms with E-state index in [1.165, 1.54) is 12.8 Å². The van der Waals surface area contributed by atoms with Crippen LogP contribution in [0.25, 0.3) is 5.70 Å². The van der Waals surface area contributed by atoms with Crippen molar-refractivity contribution in [3.8, 4) is 0 Å². The fraction of sp³-hybridized carbons (Fsp3) is 0.348. The molecular formula is C23H27N5OS. The topological polar surface area (TPSA) is 60.3 Å². The van der Waals surface area contributed by atoms with Gasteiger partial charge in [-0.15, -0.1) is 5.10 Å². The van der Waals surface area contributed by atoms with Crippen molar-refractivity contribution in [3.63, 3.8) is 0 Å². The first-order valence-corrected chi connectivity index (χ1v) is 11.3. The SMILES string of the molecule is CCCCCSC1=NN2C(=c3ccccc3=N[C@@H]2c2ccc(N(C)C)cc2)C(=O)N1. The number of rotatable bonds is 6. The Morgan fingerprint density at radius 3 is 2.60 bits per heavy atom. The maximum Gasteiger partial charge on any atom is 0.276 e. The van der Waals surface area contributed by atoms with Crippen LogP contribution < -0.4 is 20.8 Å². The summed E-state index contributed by atoms with van der Waals surface area (Å²) in [5.74, 6) is 0.812. The largest absolute Gasteiger partial charge is 0.378 e. The smallest absolute Gasteiger partial charge is 0.276 e. The molecule has 1 atom stereocenters. The Bertz CT molecular complexity index is 1080. The highest BCUT2D eigenvalue weighted by molar-refractivity contribution is 8.13. The number of unbranched alkanes of at least 4 members (excludes halogenated alkanes) is 2. The van der Waals surface area contributed by atoms with Gasteiger partial charge in [-0.25, -0.2) is 5.01 Å². The number of nitrogens with zero attached hydrogens (tertiary/aromatic N) is 4. The van der Waals surface area contributed by atoms with Crippen LogP contribution in [0.3, 0.4) is 0 Å². The van der Waals surface area contributed by atoms with E-state index >= 15 is 0 Å². The molecule has 0 saturated carbocycles. The fourth-order valence-electron chi connectivity index (χ4n) is 3.57. The average Bonchev–Trinajstić information content (AvgIpc) is 2.76. The van der Waals surface area contributed by atoms with Crippen molar-refractivity contribution in [1.29, 1.82) is 0 Å². The van der Waals surface area contributed by atoms with Gasteiger partial charge >= 0.3 is 0 Å². The van der Waals surface area contributed by atoms with Gasteiger partial charge in [-0.3, -0.25) is 15.1 Å². The number of nitrogens with one attached hydrogen (secondary N) is 1. The van der Waals surface area contributed by atoms with Crippen LogP contribution in [0.15, 0.2) is 58.6 Å². The lowest BCUT2D eigenvalue weighted by molar-refractivity contribution is -0.116. The number of amides is 1. The van der Waals surface area contributed by atoms with Gasteiger partial charge in [0.05, 0.1) is 5.36 Å². The van der Waals surface area contributed by atoms with Crippen molar-refractivity contribution in [2.75, 3.05) is 24.7 Å². The molecule has 30 heavy (non-hydrogen) atoms. The first-order valence-electron chi connectivity index (χ1n) is 10.3. The molecule has 0 bridgehead atoms. The minimum absolute atomic E-state index is 0.125. The molecule has 0 unspecified atom stereocenters. The van der Waals surface area contributed by atoms with Gasteiger partial charge in [0, 0.05) is 30.8 Å². The fourth-order valence-corrected chi connectivity index (χ4v) is 4.43. The van der Waals surface area contributed by atoms with Crippen molar-refractivity contribution in [1.82, 2.24) is 10.3 Å². The summed E-state index contributed by atoms with van der Waals surface area (Å²) in [6.45, 7) is 2.19. The number of amidine groups is 1.